The highest BCUT2D eigenvalue weighted by Crippen LogP contribution is 2.32. The Balaban J connectivity index is 2.78. The second-order valence-corrected chi connectivity index (χ2v) is 11.0. The molecule has 18 heavy (non-hydrogen) atoms. The molecule has 0 aliphatic carbocycles. The third kappa shape index (κ3) is 6.10. The smallest absolute Gasteiger partial charge is 0.255 e. The van der Waals surface area contributed by atoms with Gasteiger partial charge in [0.05, 0.1) is 12.1 Å². The van der Waals surface area contributed by atoms with E-state index in [0.29, 0.717) is 12.3 Å². The Kier molecular flexibility index (Phi) is 5.13. The summed E-state index contributed by atoms with van der Waals surface area (Å²) in [5.41, 5.74) is 0. The Morgan fingerprint density at radius 1 is 1.39 bits per heavy atom. The molecule has 1 heterocycles. The van der Waals surface area contributed by atoms with E-state index in [2.05, 4.69) is 48.5 Å². The van der Waals surface area contributed by atoms with E-state index in [1.165, 1.54) is 0 Å². The van der Waals surface area contributed by atoms with E-state index in [0.717, 1.165) is 6.42 Å². The van der Waals surface area contributed by atoms with Crippen LogP contribution in [0.1, 0.15) is 26.7 Å². The molecule has 0 aromatic rings. The van der Waals surface area contributed by atoms with Crippen LogP contribution in [-0.2, 0) is 14.5 Å². The normalized spacial score (nSPS) is 28.6. The minimum Gasteiger partial charge on any atom is -0.255 e. The average molecular weight is 293 g/mol. The molecule has 0 amide bonds. The molecule has 1 aliphatic heterocycles. The van der Waals surface area contributed by atoms with Crippen LogP contribution in [0.4, 0.5) is 0 Å². The zero-order chi connectivity index (χ0) is 14.0. The molecular formula is C12H23NO3S2. The number of hydrogen-bond acceptors (Lipinski definition) is 3. The molecule has 1 aliphatic rings. The molecule has 2 atom stereocenters. The lowest BCUT2D eigenvalue weighted by molar-refractivity contribution is 0.145. The van der Waals surface area contributed by atoms with E-state index >= 15 is 0 Å². The molecule has 0 aromatic heterocycles. The SMILES string of the molecule is CC(C)C[C@@H]1C[C@H](C#CS(C)(C)C)NS(=O)(=O)O1. The lowest BCUT2D eigenvalue weighted by atomic mass is 10.0. The lowest BCUT2D eigenvalue weighted by Crippen LogP contribution is -2.45. The fraction of sp³-hybridized carbons (Fsp3) is 0.833. The van der Waals surface area contributed by atoms with Gasteiger partial charge in [0.1, 0.15) is 0 Å². The first-order chi connectivity index (χ1) is 8.07. The van der Waals surface area contributed by atoms with E-state index in [9.17, 15) is 8.42 Å². The summed E-state index contributed by atoms with van der Waals surface area (Å²) in [7, 11) is -4.58. The highest BCUT2D eigenvalue weighted by atomic mass is 32.3. The maximum atomic E-state index is 11.6. The first-order valence-corrected chi connectivity index (χ1v) is 10.2. The summed E-state index contributed by atoms with van der Waals surface area (Å²) in [5.74, 6) is 3.44. The highest BCUT2D eigenvalue weighted by Gasteiger charge is 2.31. The van der Waals surface area contributed by atoms with E-state index in [1.54, 1.807) is 0 Å². The average Bonchev–Trinajstić information content (AvgIpc) is 2.09. The highest BCUT2D eigenvalue weighted by molar-refractivity contribution is 8.35. The summed E-state index contributed by atoms with van der Waals surface area (Å²) < 4.78 is 30.7. The van der Waals surface area contributed by atoms with Crippen molar-refractivity contribution in [3.05, 3.63) is 0 Å². The fourth-order valence-electron chi connectivity index (χ4n) is 1.73. The van der Waals surface area contributed by atoms with Crippen molar-refractivity contribution < 1.29 is 12.6 Å². The minimum atomic E-state index is -3.64. The molecular weight excluding hydrogens is 270 g/mol. The summed E-state index contributed by atoms with van der Waals surface area (Å²) in [6.45, 7) is 4.11. The summed E-state index contributed by atoms with van der Waals surface area (Å²) in [6, 6.07) is -0.320. The van der Waals surface area contributed by atoms with Crippen molar-refractivity contribution in [1.29, 1.82) is 0 Å². The molecule has 1 saturated heterocycles. The Morgan fingerprint density at radius 2 is 2.00 bits per heavy atom. The van der Waals surface area contributed by atoms with Crippen molar-refractivity contribution in [2.24, 2.45) is 5.92 Å². The predicted molar refractivity (Wildman–Crippen MR) is 77.9 cm³/mol. The second kappa shape index (κ2) is 5.83. The molecule has 4 nitrogen and oxygen atoms in total. The van der Waals surface area contributed by atoms with Gasteiger partial charge in [-0.25, -0.2) is 0 Å². The number of hydrogen-bond donors (Lipinski definition) is 1. The largest absolute Gasteiger partial charge is 0.337 e. The van der Waals surface area contributed by atoms with Crippen molar-refractivity contribution in [1.82, 2.24) is 4.72 Å². The quantitative estimate of drug-likeness (QED) is 0.788. The molecule has 1 rings (SSSR count). The maximum Gasteiger partial charge on any atom is 0.337 e. The molecule has 0 aromatic carbocycles. The summed E-state index contributed by atoms with van der Waals surface area (Å²) in [5, 5.41) is 3.15. The molecule has 0 spiro atoms. The van der Waals surface area contributed by atoms with Crippen LogP contribution in [0.2, 0.25) is 0 Å². The van der Waals surface area contributed by atoms with Gasteiger partial charge in [0.15, 0.2) is 0 Å². The van der Waals surface area contributed by atoms with Crippen LogP contribution in [0.5, 0.6) is 0 Å². The third-order valence-electron chi connectivity index (χ3n) is 2.32. The zero-order valence-corrected chi connectivity index (χ0v) is 13.3. The zero-order valence-electron chi connectivity index (χ0n) is 11.7. The predicted octanol–water partition coefficient (Wildman–Crippen LogP) is 1.68. The van der Waals surface area contributed by atoms with Crippen molar-refractivity contribution in [2.75, 3.05) is 18.8 Å². The molecule has 0 bridgehead atoms. The molecule has 0 radical (unpaired) electrons. The van der Waals surface area contributed by atoms with Crippen molar-refractivity contribution >= 4 is 20.3 Å². The Bertz CT molecular complexity index is 440. The van der Waals surface area contributed by atoms with Crippen LogP contribution in [0.3, 0.4) is 0 Å². The van der Waals surface area contributed by atoms with Crippen LogP contribution >= 0.6 is 10.0 Å². The van der Waals surface area contributed by atoms with Crippen molar-refractivity contribution in [3.8, 4) is 11.2 Å². The van der Waals surface area contributed by atoms with Crippen LogP contribution in [0, 0.1) is 17.1 Å². The van der Waals surface area contributed by atoms with Crippen LogP contribution in [-0.4, -0.2) is 39.3 Å². The summed E-state index contributed by atoms with van der Waals surface area (Å²) >= 11 is 0. The van der Waals surface area contributed by atoms with Gasteiger partial charge in [0, 0.05) is 6.42 Å². The van der Waals surface area contributed by atoms with Crippen molar-refractivity contribution in [2.45, 2.75) is 38.8 Å². The lowest BCUT2D eigenvalue weighted by Gasteiger charge is -2.28. The van der Waals surface area contributed by atoms with Gasteiger partial charge in [-0.05, 0) is 31.1 Å². The van der Waals surface area contributed by atoms with Gasteiger partial charge in [-0.1, -0.05) is 25.0 Å². The van der Waals surface area contributed by atoms with Gasteiger partial charge in [-0.2, -0.15) is 23.2 Å². The van der Waals surface area contributed by atoms with Gasteiger partial charge in [-0.3, -0.25) is 4.18 Å². The van der Waals surface area contributed by atoms with E-state index in [4.69, 9.17) is 4.18 Å². The van der Waals surface area contributed by atoms with E-state index in [1.807, 2.05) is 0 Å². The second-order valence-electron chi connectivity index (χ2n) is 5.79. The van der Waals surface area contributed by atoms with Crippen LogP contribution < -0.4 is 4.72 Å². The minimum absolute atomic E-state index is 0.259. The van der Waals surface area contributed by atoms with E-state index in [-0.39, 0.29) is 12.1 Å². The standard InChI is InChI=1S/C12H23NO3S2/c1-10(2)8-12-9-11(6-7-17(3,4)5)13-18(14,15)16-12/h10-13H,8-9H2,1-5H3/t11-,12+/m0/s1. The summed E-state index contributed by atoms with van der Waals surface area (Å²) in [4.78, 5) is 0. The first kappa shape index (κ1) is 15.8. The fourth-order valence-corrected chi connectivity index (χ4v) is 3.30. The van der Waals surface area contributed by atoms with Gasteiger partial charge in [0.25, 0.3) is 0 Å². The molecule has 1 N–H and O–H groups in total. The molecule has 6 heteroatoms. The van der Waals surface area contributed by atoms with Crippen molar-refractivity contribution in [3.63, 3.8) is 0 Å². The maximum absolute atomic E-state index is 11.6. The third-order valence-corrected chi connectivity index (χ3v) is 4.15. The van der Waals surface area contributed by atoms with Gasteiger partial charge >= 0.3 is 10.3 Å². The van der Waals surface area contributed by atoms with Crippen LogP contribution in [0.25, 0.3) is 0 Å². The number of rotatable bonds is 2. The number of nitrogens with one attached hydrogen (secondary N) is 1. The van der Waals surface area contributed by atoms with Crippen LogP contribution in [0.15, 0.2) is 0 Å². The molecule has 0 unspecified atom stereocenters. The van der Waals surface area contributed by atoms with Gasteiger partial charge in [-0.15, -0.1) is 0 Å². The van der Waals surface area contributed by atoms with E-state index < -0.39 is 20.3 Å². The molecule has 106 valence electrons. The Labute approximate surface area is 112 Å². The monoisotopic (exact) mass is 293 g/mol. The molecule has 0 saturated carbocycles. The first-order valence-electron chi connectivity index (χ1n) is 5.98. The Morgan fingerprint density at radius 3 is 2.50 bits per heavy atom. The van der Waals surface area contributed by atoms with Gasteiger partial charge < -0.3 is 0 Å². The topological polar surface area (TPSA) is 55.4 Å². The molecule has 1 fully saturated rings. The van der Waals surface area contributed by atoms with Gasteiger partial charge in [0.2, 0.25) is 0 Å². The summed E-state index contributed by atoms with van der Waals surface area (Å²) in [6.07, 6.45) is 7.35. The Hall–Kier alpha value is -0.220.